The highest BCUT2D eigenvalue weighted by molar-refractivity contribution is 7.99. The third-order valence-corrected chi connectivity index (χ3v) is 7.67. The van der Waals surface area contributed by atoms with E-state index in [1.807, 2.05) is 24.7 Å². The van der Waals surface area contributed by atoms with Crippen molar-refractivity contribution < 1.29 is 24.9 Å². The molecular weight excluding hydrogens is 446 g/mol. The Kier molecular flexibility index (Phi) is 9.95. The summed E-state index contributed by atoms with van der Waals surface area (Å²) in [6.07, 6.45) is 5.59. The number of hydrogen-bond donors (Lipinski definition) is 5. The highest BCUT2D eigenvalue weighted by Crippen LogP contribution is 2.30. The summed E-state index contributed by atoms with van der Waals surface area (Å²) in [6.45, 7) is 5.52. The lowest BCUT2D eigenvalue weighted by molar-refractivity contribution is -0.208. The van der Waals surface area contributed by atoms with Crippen LogP contribution >= 0.6 is 11.8 Å². The molecule has 33 heavy (non-hydrogen) atoms. The number of thioether (sulfide) groups is 1. The number of carbonyl (C=O) groups is 1. The van der Waals surface area contributed by atoms with Crippen molar-refractivity contribution in [3.8, 4) is 0 Å². The first-order valence-corrected chi connectivity index (χ1v) is 13.2. The van der Waals surface area contributed by atoms with Gasteiger partial charge < -0.3 is 30.7 Å². The van der Waals surface area contributed by atoms with E-state index in [9.17, 15) is 20.1 Å². The van der Waals surface area contributed by atoms with E-state index in [-0.39, 0.29) is 17.9 Å². The fraction of sp³-hybridized carbons (Fsp3) is 0.864. The minimum absolute atomic E-state index is 0.0335. The van der Waals surface area contributed by atoms with Gasteiger partial charge >= 0.3 is 0 Å². The predicted molar refractivity (Wildman–Crippen MR) is 125 cm³/mol. The molecule has 1 aromatic rings. The van der Waals surface area contributed by atoms with Crippen LogP contribution in [0.15, 0.2) is 12.4 Å². The van der Waals surface area contributed by atoms with Crippen LogP contribution in [-0.2, 0) is 16.1 Å². The second kappa shape index (κ2) is 12.5. The van der Waals surface area contributed by atoms with E-state index < -0.39 is 35.9 Å². The molecule has 10 nitrogen and oxygen atoms in total. The van der Waals surface area contributed by atoms with Crippen LogP contribution in [0.4, 0.5) is 0 Å². The van der Waals surface area contributed by atoms with Crippen molar-refractivity contribution in [2.75, 3.05) is 12.8 Å². The summed E-state index contributed by atoms with van der Waals surface area (Å²) in [5.74, 6) is 0.408. The molecular formula is C22H39N5O5S. The molecule has 0 aliphatic carbocycles. The molecule has 1 amide bonds. The molecule has 2 saturated heterocycles. The molecule has 3 rings (SSSR count). The lowest BCUT2D eigenvalue weighted by Gasteiger charge is -2.44. The number of aliphatic hydroxyl groups is 3. The van der Waals surface area contributed by atoms with Gasteiger partial charge in [0.1, 0.15) is 29.9 Å². The minimum atomic E-state index is -1.33. The van der Waals surface area contributed by atoms with Crippen LogP contribution < -0.4 is 10.6 Å². The van der Waals surface area contributed by atoms with Crippen molar-refractivity contribution >= 4 is 17.7 Å². The summed E-state index contributed by atoms with van der Waals surface area (Å²) in [7, 11) is 0. The smallest absolute Gasteiger partial charge is 0.237 e. The number of nitrogens with zero attached hydrogens (tertiary/aromatic N) is 3. The van der Waals surface area contributed by atoms with Crippen molar-refractivity contribution in [2.24, 2.45) is 11.8 Å². The topological polar surface area (TPSA) is 142 Å². The van der Waals surface area contributed by atoms with E-state index in [0.29, 0.717) is 5.92 Å². The molecule has 0 spiro atoms. The average molecular weight is 486 g/mol. The number of aliphatic hydroxyl groups excluding tert-OH is 3. The third-order valence-electron chi connectivity index (χ3n) is 6.81. The Bertz CT molecular complexity index is 722. The molecule has 188 valence electrons. The van der Waals surface area contributed by atoms with Gasteiger partial charge in [-0.2, -0.15) is 0 Å². The number of hydrogen-bond acceptors (Lipinski definition) is 9. The largest absolute Gasteiger partial charge is 0.388 e. The summed E-state index contributed by atoms with van der Waals surface area (Å²) >= 11 is 1.27. The second-order valence-electron chi connectivity index (χ2n) is 9.50. The molecule has 2 aliphatic rings. The molecule has 1 aromatic heterocycles. The zero-order valence-electron chi connectivity index (χ0n) is 19.7. The maximum absolute atomic E-state index is 13.1. The number of aromatic nitrogens is 3. The molecule has 0 aromatic carbocycles. The van der Waals surface area contributed by atoms with E-state index in [4.69, 9.17) is 4.74 Å². The Hall–Kier alpha value is -1.24. The van der Waals surface area contributed by atoms with Gasteiger partial charge in [-0.15, -0.1) is 16.9 Å². The summed E-state index contributed by atoms with van der Waals surface area (Å²) < 4.78 is 7.76. The van der Waals surface area contributed by atoms with Crippen LogP contribution in [0.25, 0.3) is 0 Å². The van der Waals surface area contributed by atoms with Gasteiger partial charge in [0.15, 0.2) is 0 Å². The summed E-state index contributed by atoms with van der Waals surface area (Å²) in [6, 6.07) is -0.799. The Morgan fingerprint density at radius 2 is 2.03 bits per heavy atom. The normalized spacial score (nSPS) is 34.1. The number of ether oxygens (including phenoxy) is 1. The van der Waals surface area contributed by atoms with Gasteiger partial charge in [0.2, 0.25) is 5.91 Å². The quantitative estimate of drug-likeness (QED) is 0.330. The molecule has 0 unspecified atom stereocenters. The maximum atomic E-state index is 13.1. The molecule has 0 radical (unpaired) electrons. The van der Waals surface area contributed by atoms with Gasteiger partial charge in [-0.25, -0.2) is 0 Å². The lowest BCUT2D eigenvalue weighted by atomic mass is 9.88. The number of amides is 1. The Balaban J connectivity index is 1.53. The Morgan fingerprint density at radius 3 is 2.70 bits per heavy atom. The van der Waals surface area contributed by atoms with Crippen LogP contribution in [0.3, 0.4) is 0 Å². The third kappa shape index (κ3) is 6.89. The molecule has 5 N–H and O–H groups in total. The summed E-state index contributed by atoms with van der Waals surface area (Å²) in [5.41, 5.74) is -0.666. The van der Waals surface area contributed by atoms with Crippen LogP contribution in [-0.4, -0.2) is 91.0 Å². The van der Waals surface area contributed by atoms with Gasteiger partial charge in [-0.05, 0) is 56.7 Å². The van der Waals surface area contributed by atoms with Gasteiger partial charge in [-0.3, -0.25) is 9.48 Å². The van der Waals surface area contributed by atoms with E-state index in [2.05, 4.69) is 20.9 Å². The van der Waals surface area contributed by atoms with Crippen molar-refractivity contribution in [2.45, 2.75) is 94.4 Å². The van der Waals surface area contributed by atoms with E-state index >= 15 is 0 Å². The fourth-order valence-corrected chi connectivity index (χ4v) is 5.45. The Morgan fingerprint density at radius 1 is 1.24 bits per heavy atom. The standard InChI is InChI=1S/C22H39N5O5S/c1-13(2)16(20-18(29)17(28)19(30)22(32-20)33-3)25-21(31)15-7-6-14(8-9-23-15)5-4-11-27-12-10-24-26-27/h10,12-20,22-23,28-30H,4-9,11H2,1-3H3,(H,25,31)/t14-,15-,16+,17-,18+,19+,20+,22+/m0/s1. The first-order valence-electron chi connectivity index (χ1n) is 11.9. The predicted octanol–water partition coefficient (Wildman–Crippen LogP) is 0.128. The second-order valence-corrected chi connectivity index (χ2v) is 10.4. The number of carbonyl (C=O) groups excluding carboxylic acids is 1. The van der Waals surface area contributed by atoms with Gasteiger partial charge in [-0.1, -0.05) is 19.1 Å². The van der Waals surface area contributed by atoms with Gasteiger partial charge in [0.05, 0.1) is 18.3 Å². The summed E-state index contributed by atoms with van der Waals surface area (Å²) in [4.78, 5) is 13.1. The minimum Gasteiger partial charge on any atom is -0.388 e. The van der Waals surface area contributed by atoms with Gasteiger partial charge in [0.25, 0.3) is 0 Å². The highest BCUT2D eigenvalue weighted by Gasteiger charge is 2.47. The molecule has 0 saturated carbocycles. The Labute approximate surface area is 199 Å². The van der Waals surface area contributed by atoms with Crippen LogP contribution in [0, 0.1) is 11.8 Å². The number of nitrogens with one attached hydrogen (secondary N) is 2. The number of rotatable bonds is 9. The van der Waals surface area contributed by atoms with E-state index in [1.54, 1.807) is 12.5 Å². The zero-order chi connectivity index (χ0) is 24.0. The van der Waals surface area contributed by atoms with Crippen molar-refractivity contribution in [1.82, 2.24) is 25.6 Å². The molecule has 8 atom stereocenters. The summed E-state index contributed by atoms with van der Waals surface area (Å²) in [5, 5.41) is 45.3. The average Bonchev–Trinajstić information content (AvgIpc) is 3.20. The van der Waals surface area contributed by atoms with Crippen molar-refractivity contribution in [3.05, 3.63) is 12.4 Å². The molecule has 2 fully saturated rings. The zero-order valence-corrected chi connectivity index (χ0v) is 20.5. The van der Waals surface area contributed by atoms with Crippen molar-refractivity contribution in [3.63, 3.8) is 0 Å². The SMILES string of the molecule is CS[C@H]1O[C@H]([C@H](NC(=O)[C@@H]2CC[C@H](CCCn3ccnn3)CCN2)C(C)C)[C@H](O)[C@H](O)[C@H]1O. The maximum Gasteiger partial charge on any atom is 0.237 e. The monoisotopic (exact) mass is 485 g/mol. The van der Waals surface area contributed by atoms with Crippen LogP contribution in [0.2, 0.25) is 0 Å². The van der Waals surface area contributed by atoms with Crippen LogP contribution in [0.1, 0.15) is 46.0 Å². The van der Waals surface area contributed by atoms with Crippen LogP contribution in [0.5, 0.6) is 0 Å². The molecule has 3 heterocycles. The van der Waals surface area contributed by atoms with Gasteiger partial charge in [0, 0.05) is 12.7 Å². The number of aryl methyl sites for hydroxylation is 1. The van der Waals surface area contributed by atoms with E-state index in [1.165, 1.54) is 11.8 Å². The van der Waals surface area contributed by atoms with E-state index in [0.717, 1.165) is 45.2 Å². The highest BCUT2D eigenvalue weighted by atomic mass is 32.2. The first kappa shape index (κ1) is 26.4. The van der Waals surface area contributed by atoms with Crippen molar-refractivity contribution in [1.29, 1.82) is 0 Å². The lowest BCUT2D eigenvalue weighted by Crippen LogP contribution is -2.64. The molecule has 0 bridgehead atoms. The molecule has 2 aliphatic heterocycles. The first-order chi connectivity index (χ1) is 15.8. The fourth-order valence-electron chi connectivity index (χ4n) is 4.78. The molecule has 11 heteroatoms.